The molecule has 2 atom stereocenters. The molecule has 1 saturated heterocycles. The Kier molecular flexibility index (Phi) is 7.59. The normalized spacial score (nSPS) is 20.1. The van der Waals surface area contributed by atoms with Crippen molar-refractivity contribution in [1.82, 2.24) is 9.80 Å². The van der Waals surface area contributed by atoms with E-state index in [1.165, 1.54) is 12.0 Å². The van der Waals surface area contributed by atoms with E-state index in [9.17, 15) is 9.59 Å². The van der Waals surface area contributed by atoms with Gasteiger partial charge in [-0.25, -0.2) is 0 Å². The Labute approximate surface area is 212 Å². The van der Waals surface area contributed by atoms with Gasteiger partial charge >= 0.3 is 0 Å². The maximum absolute atomic E-state index is 14.2. The number of quaternary nitrogens is 1. The smallest absolute Gasteiger partial charge is 0.254 e. The molecule has 194 valence electrons. The Hall–Kier alpha value is -3.46. The molecule has 2 heterocycles. The molecule has 2 aliphatic rings. The van der Waals surface area contributed by atoms with Crippen LogP contribution in [0, 0.1) is 0 Å². The van der Waals surface area contributed by atoms with Crippen molar-refractivity contribution in [3.8, 4) is 23.0 Å². The summed E-state index contributed by atoms with van der Waals surface area (Å²) in [6.45, 7) is 6.37. The molecule has 2 aromatic carbocycles. The van der Waals surface area contributed by atoms with Gasteiger partial charge < -0.3 is 33.6 Å². The minimum absolute atomic E-state index is 0.00208. The zero-order valence-electron chi connectivity index (χ0n) is 21.9. The summed E-state index contributed by atoms with van der Waals surface area (Å²) in [5.41, 5.74) is 1.88. The van der Waals surface area contributed by atoms with Gasteiger partial charge in [0, 0.05) is 12.6 Å². The summed E-state index contributed by atoms with van der Waals surface area (Å²) >= 11 is 0. The van der Waals surface area contributed by atoms with Gasteiger partial charge in [0.15, 0.2) is 23.0 Å². The minimum atomic E-state index is -0.621. The molecular formula is C27H36N3O6+. The van der Waals surface area contributed by atoms with Crippen LogP contribution in [0.3, 0.4) is 0 Å². The summed E-state index contributed by atoms with van der Waals surface area (Å²) < 4.78 is 22.0. The lowest BCUT2D eigenvalue weighted by Gasteiger charge is -2.43. The summed E-state index contributed by atoms with van der Waals surface area (Å²) in [6, 6.07) is 8.47. The number of carbonyl (C=O) groups excluding carboxylic acids is 2. The van der Waals surface area contributed by atoms with Crippen LogP contribution in [0.1, 0.15) is 40.4 Å². The number of benzene rings is 2. The van der Waals surface area contributed by atoms with Crippen molar-refractivity contribution in [3.05, 3.63) is 47.0 Å². The zero-order chi connectivity index (χ0) is 26.0. The fraction of sp³-hybridized carbons (Fsp3) is 0.481. The number of rotatable bonds is 7. The number of hydrogen-bond donors (Lipinski definition) is 1. The van der Waals surface area contributed by atoms with Crippen LogP contribution in [-0.2, 0) is 4.79 Å². The van der Waals surface area contributed by atoms with Crippen molar-refractivity contribution in [3.63, 3.8) is 0 Å². The number of amides is 2. The van der Waals surface area contributed by atoms with Crippen LogP contribution in [0.15, 0.2) is 30.3 Å². The standard InChI is InChI=1S/C27H35N3O6/c1-7-29-10-12-30(13-11-29)27(32)24-18-15-22(35-5)23(36-6)16-19(18)26(31)28(2)25(24)17-8-9-20(33-3)21(14-17)34-4/h8-9,14-16,24-25H,7,10-13H2,1-6H3/p+1. The van der Waals surface area contributed by atoms with E-state index in [1.54, 1.807) is 45.4 Å². The molecule has 2 aromatic rings. The van der Waals surface area contributed by atoms with Crippen molar-refractivity contribution in [2.24, 2.45) is 0 Å². The Morgan fingerprint density at radius 2 is 1.50 bits per heavy atom. The lowest BCUT2D eigenvalue weighted by molar-refractivity contribution is -0.902. The van der Waals surface area contributed by atoms with Crippen LogP contribution in [0.25, 0.3) is 0 Å². The van der Waals surface area contributed by atoms with E-state index in [2.05, 4.69) is 6.92 Å². The van der Waals surface area contributed by atoms with E-state index in [1.807, 2.05) is 23.1 Å². The molecule has 0 bridgehead atoms. The number of likely N-dealkylation sites (N-methyl/N-ethyl adjacent to an activating group) is 2. The SMILES string of the molecule is CC[NH+]1CCN(C(=O)C2c3cc(OC)c(OC)cc3C(=O)N(C)C2c2ccc(OC)c(OC)c2)CC1. The number of nitrogens with one attached hydrogen (secondary N) is 1. The molecule has 2 unspecified atom stereocenters. The van der Waals surface area contributed by atoms with Crippen LogP contribution in [0.2, 0.25) is 0 Å². The van der Waals surface area contributed by atoms with E-state index in [4.69, 9.17) is 18.9 Å². The Morgan fingerprint density at radius 1 is 0.917 bits per heavy atom. The monoisotopic (exact) mass is 498 g/mol. The highest BCUT2D eigenvalue weighted by molar-refractivity contribution is 6.02. The fourth-order valence-corrected chi connectivity index (χ4v) is 5.36. The number of fused-ring (bicyclic) bond motifs is 1. The van der Waals surface area contributed by atoms with Crippen LogP contribution < -0.4 is 23.8 Å². The summed E-state index contributed by atoms with van der Waals surface area (Å²) in [5.74, 6) is 1.25. The van der Waals surface area contributed by atoms with Gasteiger partial charge in [-0.2, -0.15) is 0 Å². The molecule has 4 rings (SSSR count). The third-order valence-electron chi connectivity index (χ3n) is 7.47. The van der Waals surface area contributed by atoms with Gasteiger partial charge in [-0.3, -0.25) is 9.59 Å². The van der Waals surface area contributed by atoms with E-state index in [-0.39, 0.29) is 11.8 Å². The van der Waals surface area contributed by atoms with Gasteiger partial charge in [0.05, 0.1) is 73.1 Å². The highest BCUT2D eigenvalue weighted by Crippen LogP contribution is 2.47. The summed E-state index contributed by atoms with van der Waals surface area (Å²) in [5, 5.41) is 0. The number of nitrogens with zero attached hydrogens (tertiary/aromatic N) is 2. The maximum atomic E-state index is 14.2. The average molecular weight is 499 g/mol. The van der Waals surface area contributed by atoms with Gasteiger partial charge in [-0.15, -0.1) is 0 Å². The molecule has 0 aliphatic carbocycles. The number of piperazine rings is 1. The summed E-state index contributed by atoms with van der Waals surface area (Å²) in [7, 11) is 7.97. The van der Waals surface area contributed by atoms with Crippen molar-refractivity contribution in [2.45, 2.75) is 18.9 Å². The first-order valence-electron chi connectivity index (χ1n) is 12.3. The molecule has 9 nitrogen and oxygen atoms in total. The molecule has 2 amide bonds. The Balaban J connectivity index is 1.86. The van der Waals surface area contributed by atoms with Crippen LogP contribution in [0.5, 0.6) is 23.0 Å². The van der Waals surface area contributed by atoms with Gasteiger partial charge in [-0.1, -0.05) is 6.07 Å². The third kappa shape index (κ3) is 4.43. The van der Waals surface area contributed by atoms with Gasteiger partial charge in [-0.05, 0) is 42.3 Å². The number of methoxy groups -OCH3 is 4. The lowest BCUT2D eigenvalue weighted by atomic mass is 9.78. The zero-order valence-corrected chi connectivity index (χ0v) is 21.9. The quantitative estimate of drug-likeness (QED) is 0.621. The van der Waals surface area contributed by atoms with Gasteiger partial charge in [0.1, 0.15) is 0 Å². The Morgan fingerprint density at radius 3 is 2.08 bits per heavy atom. The molecule has 0 spiro atoms. The first-order valence-corrected chi connectivity index (χ1v) is 12.3. The van der Waals surface area contributed by atoms with Crippen molar-refractivity contribution < 1.29 is 33.4 Å². The van der Waals surface area contributed by atoms with Crippen LogP contribution in [0.4, 0.5) is 0 Å². The van der Waals surface area contributed by atoms with Crippen molar-refractivity contribution in [1.29, 1.82) is 0 Å². The number of carbonyl (C=O) groups is 2. The predicted molar refractivity (Wildman–Crippen MR) is 134 cm³/mol. The van der Waals surface area contributed by atoms with Gasteiger partial charge in [0.2, 0.25) is 5.91 Å². The average Bonchev–Trinajstić information content (AvgIpc) is 2.93. The first-order chi connectivity index (χ1) is 17.4. The van der Waals surface area contributed by atoms with E-state index < -0.39 is 12.0 Å². The Bertz CT molecular complexity index is 1130. The van der Waals surface area contributed by atoms with Crippen LogP contribution in [-0.4, -0.2) is 89.8 Å². The number of ether oxygens (including phenoxy) is 4. The summed E-state index contributed by atoms with van der Waals surface area (Å²) in [4.78, 5) is 32.9. The van der Waals surface area contributed by atoms with E-state index >= 15 is 0 Å². The molecule has 0 radical (unpaired) electrons. The highest BCUT2D eigenvalue weighted by Gasteiger charge is 2.45. The molecule has 36 heavy (non-hydrogen) atoms. The molecular weight excluding hydrogens is 462 g/mol. The van der Waals surface area contributed by atoms with Crippen molar-refractivity contribution in [2.75, 3.05) is 68.2 Å². The van der Waals surface area contributed by atoms with E-state index in [0.29, 0.717) is 47.2 Å². The fourth-order valence-electron chi connectivity index (χ4n) is 5.36. The van der Waals surface area contributed by atoms with Crippen LogP contribution >= 0.6 is 0 Å². The highest BCUT2D eigenvalue weighted by atomic mass is 16.5. The molecule has 9 heteroatoms. The number of hydrogen-bond acceptors (Lipinski definition) is 6. The van der Waals surface area contributed by atoms with E-state index in [0.717, 1.165) is 25.2 Å². The molecule has 1 fully saturated rings. The topological polar surface area (TPSA) is 82.0 Å². The molecule has 2 aliphatic heterocycles. The largest absolute Gasteiger partial charge is 0.493 e. The second-order valence-corrected chi connectivity index (χ2v) is 9.18. The molecule has 0 saturated carbocycles. The molecule has 0 aromatic heterocycles. The maximum Gasteiger partial charge on any atom is 0.254 e. The first kappa shape index (κ1) is 25.6. The second-order valence-electron chi connectivity index (χ2n) is 9.18. The third-order valence-corrected chi connectivity index (χ3v) is 7.47. The predicted octanol–water partition coefficient (Wildman–Crippen LogP) is 1.38. The van der Waals surface area contributed by atoms with Crippen molar-refractivity contribution >= 4 is 11.8 Å². The summed E-state index contributed by atoms with van der Waals surface area (Å²) in [6.07, 6.45) is 0. The minimum Gasteiger partial charge on any atom is -0.493 e. The molecule has 1 N–H and O–H groups in total. The van der Waals surface area contributed by atoms with Gasteiger partial charge in [0.25, 0.3) is 5.91 Å². The lowest BCUT2D eigenvalue weighted by Crippen LogP contribution is -3.14. The second kappa shape index (κ2) is 10.7.